The summed E-state index contributed by atoms with van der Waals surface area (Å²) >= 11 is 0. The molecule has 100 valence electrons. The minimum absolute atomic E-state index is 0.226. The molecule has 0 unspecified atom stereocenters. The molecule has 0 radical (unpaired) electrons. The second-order valence-electron chi connectivity index (χ2n) is 5.33. The van der Waals surface area contributed by atoms with Gasteiger partial charge in [-0.05, 0) is 26.7 Å². The Bertz CT molecular complexity index is 400. The molecule has 0 saturated heterocycles. The molecular weight excluding hydrogens is 228 g/mol. The fraction of sp³-hybridized carbons (Fsp3) is 0.714. The van der Waals surface area contributed by atoms with E-state index in [1.54, 1.807) is 0 Å². The molecule has 18 heavy (non-hydrogen) atoms. The van der Waals surface area contributed by atoms with Gasteiger partial charge in [-0.25, -0.2) is 0 Å². The van der Waals surface area contributed by atoms with Crippen molar-refractivity contribution >= 4 is 5.91 Å². The molecule has 1 heterocycles. The van der Waals surface area contributed by atoms with Crippen LogP contribution in [0.1, 0.15) is 49.1 Å². The van der Waals surface area contributed by atoms with Crippen molar-refractivity contribution in [2.75, 3.05) is 7.05 Å². The number of nitrogens with zero attached hydrogens (tertiary/aromatic N) is 2. The van der Waals surface area contributed by atoms with Crippen LogP contribution in [0.3, 0.4) is 0 Å². The van der Waals surface area contributed by atoms with Crippen molar-refractivity contribution < 1.29 is 9.32 Å². The Morgan fingerprint density at radius 3 is 2.56 bits per heavy atom. The highest BCUT2D eigenvalue weighted by molar-refractivity contribution is 5.78. The first kappa shape index (κ1) is 13.1. The van der Waals surface area contributed by atoms with Gasteiger partial charge in [-0.15, -0.1) is 0 Å². The Kier molecular flexibility index (Phi) is 4.04. The average molecular weight is 250 g/mol. The highest BCUT2D eigenvalue weighted by atomic mass is 16.5. The van der Waals surface area contributed by atoms with E-state index in [0.717, 1.165) is 29.9 Å². The molecular formula is C14H22N2O2. The zero-order chi connectivity index (χ0) is 13.1. The fourth-order valence-electron chi connectivity index (χ4n) is 2.70. The van der Waals surface area contributed by atoms with Gasteiger partial charge in [0.1, 0.15) is 5.76 Å². The molecule has 0 bridgehead atoms. The van der Waals surface area contributed by atoms with Crippen LogP contribution < -0.4 is 0 Å². The summed E-state index contributed by atoms with van der Waals surface area (Å²) in [5, 5.41) is 3.93. The Morgan fingerprint density at radius 2 is 2.00 bits per heavy atom. The van der Waals surface area contributed by atoms with Crippen LogP contribution in [0, 0.1) is 19.8 Å². The average Bonchev–Trinajstić information content (AvgIpc) is 2.70. The lowest BCUT2D eigenvalue weighted by atomic mass is 9.88. The Hall–Kier alpha value is -1.32. The monoisotopic (exact) mass is 250 g/mol. The van der Waals surface area contributed by atoms with E-state index in [2.05, 4.69) is 5.16 Å². The van der Waals surface area contributed by atoms with E-state index in [9.17, 15) is 4.79 Å². The van der Waals surface area contributed by atoms with Gasteiger partial charge in [0.15, 0.2) is 0 Å². The summed E-state index contributed by atoms with van der Waals surface area (Å²) in [4.78, 5) is 14.1. The molecule has 1 aromatic heterocycles. The summed E-state index contributed by atoms with van der Waals surface area (Å²) in [5.41, 5.74) is 1.93. The quantitative estimate of drug-likeness (QED) is 0.828. The van der Waals surface area contributed by atoms with Crippen LogP contribution >= 0.6 is 0 Å². The van der Waals surface area contributed by atoms with Crippen LogP contribution in [0.4, 0.5) is 0 Å². The third-order valence-corrected chi connectivity index (χ3v) is 3.91. The predicted octanol–water partition coefficient (Wildman–Crippen LogP) is 2.83. The first-order valence-electron chi connectivity index (χ1n) is 6.76. The van der Waals surface area contributed by atoms with E-state index >= 15 is 0 Å². The van der Waals surface area contributed by atoms with Crippen LogP contribution in [0.2, 0.25) is 0 Å². The van der Waals surface area contributed by atoms with Crippen LogP contribution in [0.5, 0.6) is 0 Å². The molecule has 0 N–H and O–H groups in total. The molecule has 0 aromatic carbocycles. The first-order valence-corrected chi connectivity index (χ1v) is 6.76. The molecule has 4 heteroatoms. The van der Waals surface area contributed by atoms with Gasteiger partial charge in [0.05, 0.1) is 12.2 Å². The van der Waals surface area contributed by atoms with Crippen molar-refractivity contribution in [3.8, 4) is 0 Å². The molecule has 1 fully saturated rings. The maximum atomic E-state index is 12.3. The molecule has 1 aromatic rings. The van der Waals surface area contributed by atoms with Gasteiger partial charge in [-0.2, -0.15) is 0 Å². The van der Waals surface area contributed by atoms with Gasteiger partial charge in [-0.3, -0.25) is 4.79 Å². The summed E-state index contributed by atoms with van der Waals surface area (Å²) < 4.78 is 5.13. The Balaban J connectivity index is 1.98. The molecule has 0 spiro atoms. The highest BCUT2D eigenvalue weighted by Crippen LogP contribution is 2.26. The molecule has 1 amide bonds. The summed E-state index contributed by atoms with van der Waals surface area (Å²) in [6.45, 7) is 4.43. The fourth-order valence-corrected chi connectivity index (χ4v) is 2.70. The summed E-state index contributed by atoms with van der Waals surface area (Å²) in [5.74, 6) is 1.31. The van der Waals surface area contributed by atoms with E-state index < -0.39 is 0 Å². The number of aromatic nitrogens is 1. The Labute approximate surface area is 108 Å². The smallest absolute Gasteiger partial charge is 0.225 e. The molecule has 2 rings (SSSR count). The van der Waals surface area contributed by atoms with Crippen LogP contribution in [-0.4, -0.2) is 23.0 Å². The standard InChI is InChI=1S/C14H22N2O2/c1-10-13(11(2)18-15-10)9-16(3)14(17)12-7-5-4-6-8-12/h12H,4-9H2,1-3H3. The third kappa shape index (κ3) is 2.74. The number of rotatable bonds is 3. The minimum Gasteiger partial charge on any atom is -0.361 e. The largest absolute Gasteiger partial charge is 0.361 e. The van der Waals surface area contributed by atoms with E-state index in [4.69, 9.17) is 4.52 Å². The predicted molar refractivity (Wildman–Crippen MR) is 69.0 cm³/mol. The van der Waals surface area contributed by atoms with E-state index in [1.165, 1.54) is 19.3 Å². The van der Waals surface area contributed by atoms with Gasteiger partial charge < -0.3 is 9.42 Å². The van der Waals surface area contributed by atoms with Crippen LogP contribution in [-0.2, 0) is 11.3 Å². The number of hydrogen-bond acceptors (Lipinski definition) is 3. The SMILES string of the molecule is Cc1noc(C)c1CN(C)C(=O)C1CCCCC1. The molecule has 1 aliphatic carbocycles. The zero-order valence-electron chi connectivity index (χ0n) is 11.5. The second kappa shape index (κ2) is 5.55. The lowest BCUT2D eigenvalue weighted by Crippen LogP contribution is -2.33. The maximum Gasteiger partial charge on any atom is 0.225 e. The molecule has 0 atom stereocenters. The number of hydrogen-bond donors (Lipinski definition) is 0. The topological polar surface area (TPSA) is 46.3 Å². The van der Waals surface area contributed by atoms with Crippen LogP contribution in [0.15, 0.2) is 4.52 Å². The van der Waals surface area contributed by atoms with Crippen molar-refractivity contribution in [1.29, 1.82) is 0 Å². The lowest BCUT2D eigenvalue weighted by molar-refractivity contribution is -0.135. The molecule has 4 nitrogen and oxygen atoms in total. The third-order valence-electron chi connectivity index (χ3n) is 3.91. The summed E-state index contributed by atoms with van der Waals surface area (Å²) in [6.07, 6.45) is 5.75. The lowest BCUT2D eigenvalue weighted by Gasteiger charge is -2.26. The molecule has 1 saturated carbocycles. The van der Waals surface area contributed by atoms with Gasteiger partial charge in [-0.1, -0.05) is 24.4 Å². The molecule has 1 aliphatic rings. The van der Waals surface area contributed by atoms with Crippen molar-refractivity contribution in [2.24, 2.45) is 5.92 Å². The van der Waals surface area contributed by atoms with Gasteiger partial charge >= 0.3 is 0 Å². The van der Waals surface area contributed by atoms with Crippen LogP contribution in [0.25, 0.3) is 0 Å². The number of carbonyl (C=O) groups excluding carboxylic acids is 1. The number of carbonyl (C=O) groups is 1. The number of aryl methyl sites for hydroxylation is 2. The van der Waals surface area contributed by atoms with Gasteiger partial charge in [0.25, 0.3) is 0 Å². The van der Waals surface area contributed by atoms with E-state index in [1.807, 2.05) is 25.8 Å². The van der Waals surface area contributed by atoms with Crippen molar-refractivity contribution in [1.82, 2.24) is 10.1 Å². The maximum absolute atomic E-state index is 12.3. The van der Waals surface area contributed by atoms with Crippen molar-refractivity contribution in [2.45, 2.75) is 52.5 Å². The molecule has 0 aliphatic heterocycles. The second-order valence-corrected chi connectivity index (χ2v) is 5.33. The summed E-state index contributed by atoms with van der Waals surface area (Å²) in [7, 11) is 1.88. The minimum atomic E-state index is 0.226. The number of amides is 1. The normalized spacial score (nSPS) is 16.8. The van der Waals surface area contributed by atoms with Crippen molar-refractivity contribution in [3.63, 3.8) is 0 Å². The van der Waals surface area contributed by atoms with E-state index in [-0.39, 0.29) is 11.8 Å². The highest BCUT2D eigenvalue weighted by Gasteiger charge is 2.25. The van der Waals surface area contributed by atoms with Crippen molar-refractivity contribution in [3.05, 3.63) is 17.0 Å². The zero-order valence-corrected chi connectivity index (χ0v) is 11.5. The Morgan fingerprint density at radius 1 is 1.33 bits per heavy atom. The van der Waals surface area contributed by atoms with Gasteiger partial charge in [0, 0.05) is 18.5 Å². The first-order chi connectivity index (χ1) is 8.59. The summed E-state index contributed by atoms with van der Waals surface area (Å²) in [6, 6.07) is 0. The van der Waals surface area contributed by atoms with Gasteiger partial charge in [0.2, 0.25) is 5.91 Å². The van der Waals surface area contributed by atoms with E-state index in [0.29, 0.717) is 6.54 Å².